The zero-order valence-electron chi connectivity index (χ0n) is 9.97. The van der Waals surface area contributed by atoms with E-state index in [1.54, 1.807) is 0 Å². The van der Waals surface area contributed by atoms with Crippen molar-refractivity contribution in [3.63, 3.8) is 0 Å². The highest BCUT2D eigenvalue weighted by Gasteiger charge is 2.27. The molecule has 0 bridgehead atoms. The van der Waals surface area contributed by atoms with Crippen LogP contribution in [-0.4, -0.2) is 19.2 Å². The molecule has 0 saturated heterocycles. The zero-order chi connectivity index (χ0) is 11.8. The number of aryl methyl sites for hydroxylation is 1. The van der Waals surface area contributed by atoms with E-state index in [4.69, 9.17) is 0 Å². The lowest BCUT2D eigenvalue weighted by atomic mass is 10.1. The zero-order valence-corrected chi connectivity index (χ0v) is 15.3. The fourth-order valence-electron chi connectivity index (χ4n) is 2.24. The van der Waals surface area contributed by atoms with Crippen LogP contribution in [0.4, 0.5) is 0 Å². The molecule has 2 heterocycles. The van der Waals surface area contributed by atoms with Gasteiger partial charge in [-0.05, 0) is 6.92 Å². The van der Waals surface area contributed by atoms with Crippen molar-refractivity contribution in [2.45, 2.75) is 23.9 Å². The Kier molecular flexibility index (Phi) is 4.99. The number of thioether (sulfide) groups is 1. The van der Waals surface area contributed by atoms with Crippen LogP contribution in [0.5, 0.6) is 0 Å². The van der Waals surface area contributed by atoms with Crippen LogP contribution in [0, 0.1) is 6.92 Å². The van der Waals surface area contributed by atoms with Gasteiger partial charge in [0.2, 0.25) is 0 Å². The molecule has 0 N–H and O–H groups in total. The maximum Gasteiger partial charge on any atom is 0.169 e. The van der Waals surface area contributed by atoms with E-state index < -0.39 is 0 Å². The molecule has 2 aromatic rings. The molecule has 0 fully saturated rings. The maximum absolute atomic E-state index is 4.69. The third kappa shape index (κ3) is 2.58. The molecular weight excluding hydrogens is 470 g/mol. The minimum absolute atomic E-state index is 0. The molecule has 0 radical (unpaired) electrons. The number of alkyl halides is 1. The number of hydrogen-bond acceptors (Lipinski definition) is 2. The van der Waals surface area contributed by atoms with E-state index >= 15 is 0 Å². The number of rotatable bonds is 2. The first-order valence-corrected chi connectivity index (χ1v) is 8.05. The van der Waals surface area contributed by atoms with E-state index in [1.807, 2.05) is 11.8 Å². The van der Waals surface area contributed by atoms with E-state index in [1.165, 1.54) is 20.8 Å². The SMILES string of the molecule is Cc1nc2n(c1-c1ccccc1)CC(CI)S2.I. The van der Waals surface area contributed by atoms with Crippen LogP contribution < -0.4 is 0 Å². The lowest BCUT2D eigenvalue weighted by molar-refractivity contribution is 0.681. The Labute approximate surface area is 142 Å². The summed E-state index contributed by atoms with van der Waals surface area (Å²) in [7, 11) is 0. The van der Waals surface area contributed by atoms with Crippen LogP contribution >= 0.6 is 58.3 Å². The van der Waals surface area contributed by atoms with Crippen molar-refractivity contribution in [3.8, 4) is 11.3 Å². The standard InChI is InChI=1S/C13H13IN2S.HI/c1-9-12(10-5-3-2-4-6-10)16-8-11(7-14)17-13(16)15-9;/h2-6,11H,7-8H2,1H3;1H. The first-order valence-electron chi connectivity index (χ1n) is 5.64. The average molecular weight is 484 g/mol. The van der Waals surface area contributed by atoms with Gasteiger partial charge in [-0.1, -0.05) is 64.7 Å². The molecule has 1 aromatic carbocycles. The summed E-state index contributed by atoms with van der Waals surface area (Å²) in [6.45, 7) is 3.20. The predicted octanol–water partition coefficient (Wildman–Crippen LogP) is 4.39. The van der Waals surface area contributed by atoms with Crippen molar-refractivity contribution in [2.24, 2.45) is 0 Å². The Morgan fingerprint density at radius 3 is 2.78 bits per heavy atom. The second-order valence-electron chi connectivity index (χ2n) is 4.20. The molecule has 0 spiro atoms. The van der Waals surface area contributed by atoms with E-state index in [9.17, 15) is 0 Å². The van der Waals surface area contributed by atoms with Crippen molar-refractivity contribution in [1.82, 2.24) is 9.55 Å². The van der Waals surface area contributed by atoms with Gasteiger partial charge in [0.05, 0.1) is 11.4 Å². The Morgan fingerprint density at radius 2 is 2.11 bits per heavy atom. The van der Waals surface area contributed by atoms with E-state index in [0.717, 1.165) is 12.2 Å². The highest BCUT2D eigenvalue weighted by atomic mass is 127. The summed E-state index contributed by atoms with van der Waals surface area (Å²) in [6.07, 6.45) is 0. The van der Waals surface area contributed by atoms with Crippen molar-refractivity contribution < 1.29 is 0 Å². The van der Waals surface area contributed by atoms with Crippen LogP contribution in [0.2, 0.25) is 0 Å². The molecule has 1 unspecified atom stereocenters. The van der Waals surface area contributed by atoms with Gasteiger partial charge in [0.25, 0.3) is 0 Å². The monoisotopic (exact) mass is 484 g/mol. The molecule has 1 aliphatic rings. The van der Waals surface area contributed by atoms with Gasteiger partial charge in [0.15, 0.2) is 5.16 Å². The summed E-state index contributed by atoms with van der Waals surface area (Å²) in [5.74, 6) is 0. The van der Waals surface area contributed by atoms with Gasteiger partial charge in [-0.25, -0.2) is 4.98 Å². The molecule has 3 rings (SSSR count). The molecule has 96 valence electrons. The summed E-state index contributed by atoms with van der Waals surface area (Å²) in [5.41, 5.74) is 3.71. The molecule has 1 aliphatic heterocycles. The minimum Gasteiger partial charge on any atom is -0.318 e. The summed E-state index contributed by atoms with van der Waals surface area (Å²) >= 11 is 4.37. The molecule has 5 heteroatoms. The van der Waals surface area contributed by atoms with Gasteiger partial charge in [0.1, 0.15) is 0 Å². The first kappa shape index (κ1) is 14.6. The molecule has 0 amide bonds. The molecule has 0 saturated carbocycles. The van der Waals surface area contributed by atoms with Gasteiger partial charge < -0.3 is 4.57 Å². The van der Waals surface area contributed by atoms with Crippen molar-refractivity contribution in [3.05, 3.63) is 36.0 Å². The molecule has 0 aliphatic carbocycles. The molecule has 18 heavy (non-hydrogen) atoms. The molecule has 1 aromatic heterocycles. The number of fused-ring (bicyclic) bond motifs is 1. The van der Waals surface area contributed by atoms with Crippen LogP contribution in [0.25, 0.3) is 11.3 Å². The van der Waals surface area contributed by atoms with Crippen molar-refractivity contribution >= 4 is 58.3 Å². The largest absolute Gasteiger partial charge is 0.318 e. The van der Waals surface area contributed by atoms with Crippen LogP contribution in [0.1, 0.15) is 5.69 Å². The third-order valence-electron chi connectivity index (χ3n) is 2.98. The van der Waals surface area contributed by atoms with Crippen LogP contribution in [0.15, 0.2) is 35.5 Å². The third-order valence-corrected chi connectivity index (χ3v) is 5.82. The quantitative estimate of drug-likeness (QED) is 0.466. The van der Waals surface area contributed by atoms with E-state index in [2.05, 4.69) is 69.4 Å². The van der Waals surface area contributed by atoms with Crippen LogP contribution in [0.3, 0.4) is 0 Å². The lowest BCUT2D eigenvalue weighted by Crippen LogP contribution is -2.07. The average Bonchev–Trinajstić information content (AvgIpc) is 2.86. The van der Waals surface area contributed by atoms with Crippen LogP contribution in [-0.2, 0) is 6.54 Å². The Balaban J connectivity index is 0.00000120. The number of imidazole rings is 1. The molecule has 1 atom stereocenters. The highest BCUT2D eigenvalue weighted by molar-refractivity contribution is 14.1. The number of hydrogen-bond donors (Lipinski definition) is 0. The van der Waals surface area contributed by atoms with Gasteiger partial charge >= 0.3 is 0 Å². The van der Waals surface area contributed by atoms with Gasteiger partial charge in [-0.3, -0.25) is 0 Å². The maximum atomic E-state index is 4.69. The number of aromatic nitrogens is 2. The fraction of sp³-hybridized carbons (Fsp3) is 0.308. The number of nitrogens with zero attached hydrogens (tertiary/aromatic N) is 2. The summed E-state index contributed by atoms with van der Waals surface area (Å²) in [6, 6.07) is 10.6. The minimum atomic E-state index is 0. The van der Waals surface area contributed by atoms with Crippen molar-refractivity contribution in [2.75, 3.05) is 4.43 Å². The summed E-state index contributed by atoms with van der Waals surface area (Å²) < 4.78 is 3.55. The lowest BCUT2D eigenvalue weighted by Gasteiger charge is -2.08. The number of benzene rings is 1. The van der Waals surface area contributed by atoms with Gasteiger partial charge in [-0.2, -0.15) is 0 Å². The van der Waals surface area contributed by atoms with E-state index in [-0.39, 0.29) is 24.0 Å². The molecular formula is C13H14I2N2S. The van der Waals surface area contributed by atoms with Gasteiger partial charge in [-0.15, -0.1) is 24.0 Å². The smallest absolute Gasteiger partial charge is 0.169 e. The second-order valence-corrected chi connectivity index (χ2v) is 6.35. The van der Waals surface area contributed by atoms with Gasteiger partial charge in [0, 0.05) is 21.8 Å². The highest BCUT2D eigenvalue weighted by Crippen LogP contribution is 2.38. The normalized spacial score (nSPS) is 17.3. The molecule has 2 nitrogen and oxygen atoms in total. The summed E-state index contributed by atoms with van der Waals surface area (Å²) in [4.78, 5) is 4.69. The van der Waals surface area contributed by atoms with Crippen molar-refractivity contribution in [1.29, 1.82) is 0 Å². The Bertz CT molecular complexity index is 539. The summed E-state index contributed by atoms with van der Waals surface area (Å²) in [5, 5.41) is 1.86. The Hall–Kier alpha value is 0.240. The predicted molar refractivity (Wildman–Crippen MR) is 96.3 cm³/mol. The topological polar surface area (TPSA) is 17.8 Å². The van der Waals surface area contributed by atoms with E-state index in [0.29, 0.717) is 5.25 Å². The fourth-order valence-corrected chi connectivity index (χ4v) is 4.12. The first-order chi connectivity index (χ1) is 8.29. The number of halogens is 2. The second kappa shape index (κ2) is 6.13. The Morgan fingerprint density at radius 1 is 1.39 bits per heavy atom.